The predicted molar refractivity (Wildman–Crippen MR) is 88.0 cm³/mol. The molecule has 0 aliphatic rings. The molecule has 1 heterocycles. The number of benzene rings is 2. The van der Waals surface area contributed by atoms with Gasteiger partial charge < -0.3 is 9.72 Å². The molecule has 3 aromatic rings. The highest BCUT2D eigenvalue weighted by Crippen LogP contribution is 2.26. The number of carbonyl (C=O) groups is 1. The molecule has 4 heteroatoms. The number of aromatic nitrogens is 1. The van der Waals surface area contributed by atoms with Gasteiger partial charge in [-0.3, -0.25) is 4.79 Å². The molecule has 0 saturated heterocycles. The number of hydrogen-bond donors (Lipinski definition) is 1. The summed E-state index contributed by atoms with van der Waals surface area (Å²) < 4.78 is 5.50. The van der Waals surface area contributed by atoms with E-state index in [0.717, 1.165) is 22.0 Å². The zero-order valence-corrected chi connectivity index (χ0v) is 12.9. The van der Waals surface area contributed by atoms with Gasteiger partial charge in [-0.2, -0.15) is 0 Å². The van der Waals surface area contributed by atoms with E-state index in [1.807, 2.05) is 55.6 Å². The Morgan fingerprint density at radius 2 is 1.91 bits per heavy atom. The van der Waals surface area contributed by atoms with Crippen LogP contribution in [0.5, 0.6) is 0 Å². The molecular weight excluding hydrogens is 298 g/mol. The Kier molecular flexibility index (Phi) is 4.16. The van der Waals surface area contributed by atoms with E-state index in [4.69, 9.17) is 16.3 Å². The molecule has 0 fully saturated rings. The number of para-hydroxylation sites is 1. The van der Waals surface area contributed by atoms with Gasteiger partial charge in [0.25, 0.3) is 0 Å². The van der Waals surface area contributed by atoms with Crippen LogP contribution < -0.4 is 0 Å². The number of carbonyl (C=O) groups excluding carboxylic acids is 1. The first-order valence-corrected chi connectivity index (χ1v) is 7.52. The van der Waals surface area contributed by atoms with E-state index < -0.39 is 0 Å². The first-order valence-electron chi connectivity index (χ1n) is 7.14. The standard InChI is InChI=1S/C18H16ClNO2/c1-12(14-6-2-4-8-16(14)19)22-18(21)10-13-11-20-17-9-5-3-7-15(13)17/h2-9,11-12,20H,10H2,1H3/t12-/m0/s1. The normalized spacial score (nSPS) is 12.3. The maximum Gasteiger partial charge on any atom is 0.310 e. The van der Waals surface area contributed by atoms with Gasteiger partial charge in [0.15, 0.2) is 0 Å². The molecule has 3 rings (SSSR count). The van der Waals surface area contributed by atoms with Crippen molar-refractivity contribution in [2.75, 3.05) is 0 Å². The number of nitrogens with one attached hydrogen (secondary N) is 1. The van der Waals surface area contributed by atoms with Crippen molar-refractivity contribution < 1.29 is 9.53 Å². The van der Waals surface area contributed by atoms with Crippen molar-refractivity contribution >= 4 is 28.5 Å². The molecule has 0 amide bonds. The quantitative estimate of drug-likeness (QED) is 0.711. The first-order chi connectivity index (χ1) is 10.6. The molecule has 0 unspecified atom stereocenters. The minimum absolute atomic E-state index is 0.235. The summed E-state index contributed by atoms with van der Waals surface area (Å²) in [5.74, 6) is -0.267. The zero-order chi connectivity index (χ0) is 15.5. The lowest BCUT2D eigenvalue weighted by Gasteiger charge is -2.14. The van der Waals surface area contributed by atoms with Gasteiger partial charge in [-0.25, -0.2) is 0 Å². The fraction of sp³-hybridized carbons (Fsp3) is 0.167. The number of rotatable bonds is 4. The van der Waals surface area contributed by atoms with Gasteiger partial charge in [0.2, 0.25) is 0 Å². The Morgan fingerprint density at radius 3 is 2.73 bits per heavy atom. The van der Waals surface area contributed by atoms with Crippen molar-refractivity contribution in [2.24, 2.45) is 0 Å². The third-order valence-corrected chi connectivity index (χ3v) is 4.01. The SMILES string of the molecule is C[C@H](OC(=O)Cc1c[nH]c2ccccc12)c1ccccc1Cl. The molecule has 1 atom stereocenters. The molecule has 3 nitrogen and oxygen atoms in total. The van der Waals surface area contributed by atoms with Gasteiger partial charge in [0.05, 0.1) is 6.42 Å². The maximum absolute atomic E-state index is 12.2. The van der Waals surface area contributed by atoms with Crippen LogP contribution in [-0.2, 0) is 16.0 Å². The summed E-state index contributed by atoms with van der Waals surface area (Å²) in [5, 5.41) is 1.65. The summed E-state index contributed by atoms with van der Waals surface area (Å²) >= 11 is 6.13. The fourth-order valence-electron chi connectivity index (χ4n) is 2.54. The summed E-state index contributed by atoms with van der Waals surface area (Å²) in [6, 6.07) is 15.3. The molecule has 0 bridgehead atoms. The van der Waals surface area contributed by atoms with Crippen molar-refractivity contribution in [3.05, 3.63) is 70.9 Å². The highest BCUT2D eigenvalue weighted by Gasteiger charge is 2.16. The molecule has 0 saturated carbocycles. The van der Waals surface area contributed by atoms with E-state index in [-0.39, 0.29) is 18.5 Å². The van der Waals surface area contributed by atoms with Crippen molar-refractivity contribution in [1.29, 1.82) is 0 Å². The van der Waals surface area contributed by atoms with Gasteiger partial charge in [-0.05, 0) is 24.6 Å². The average molecular weight is 314 g/mol. The van der Waals surface area contributed by atoms with Gasteiger partial charge in [-0.1, -0.05) is 48.0 Å². The molecule has 2 aromatic carbocycles. The van der Waals surface area contributed by atoms with Crippen molar-refractivity contribution in [1.82, 2.24) is 4.98 Å². The number of hydrogen-bond acceptors (Lipinski definition) is 2. The Morgan fingerprint density at radius 1 is 1.18 bits per heavy atom. The molecule has 0 aliphatic heterocycles. The maximum atomic E-state index is 12.2. The topological polar surface area (TPSA) is 42.1 Å². The number of aromatic amines is 1. The Balaban J connectivity index is 1.71. The van der Waals surface area contributed by atoms with E-state index in [1.165, 1.54) is 0 Å². The van der Waals surface area contributed by atoms with Crippen molar-refractivity contribution in [3.63, 3.8) is 0 Å². The monoisotopic (exact) mass is 313 g/mol. The molecule has 22 heavy (non-hydrogen) atoms. The van der Waals surface area contributed by atoms with Crippen LogP contribution in [0.25, 0.3) is 10.9 Å². The van der Waals surface area contributed by atoms with Crippen LogP contribution in [0.2, 0.25) is 5.02 Å². The number of H-pyrrole nitrogens is 1. The molecule has 0 aliphatic carbocycles. The number of ether oxygens (including phenoxy) is 1. The van der Waals surface area contributed by atoms with Crippen LogP contribution in [-0.4, -0.2) is 11.0 Å². The molecule has 1 N–H and O–H groups in total. The largest absolute Gasteiger partial charge is 0.457 e. The molecule has 1 aromatic heterocycles. The predicted octanol–water partition coefficient (Wildman–Crippen LogP) is 4.67. The lowest BCUT2D eigenvalue weighted by Crippen LogP contribution is -2.11. The van der Waals surface area contributed by atoms with Crippen LogP contribution in [0.3, 0.4) is 0 Å². The van der Waals surface area contributed by atoms with E-state index in [1.54, 1.807) is 6.07 Å². The number of halogens is 1. The number of fused-ring (bicyclic) bond motifs is 1. The average Bonchev–Trinajstić information content (AvgIpc) is 2.91. The second kappa shape index (κ2) is 6.24. The van der Waals surface area contributed by atoms with Gasteiger partial charge >= 0.3 is 5.97 Å². The zero-order valence-electron chi connectivity index (χ0n) is 12.2. The second-order valence-electron chi connectivity index (χ2n) is 5.19. The summed E-state index contributed by atoms with van der Waals surface area (Å²) in [5.41, 5.74) is 2.77. The highest BCUT2D eigenvalue weighted by atomic mass is 35.5. The first kappa shape index (κ1) is 14.7. The molecular formula is C18H16ClNO2. The van der Waals surface area contributed by atoms with Crippen molar-refractivity contribution in [3.8, 4) is 0 Å². The summed E-state index contributed by atoms with van der Waals surface area (Å²) in [4.78, 5) is 15.3. The Bertz CT molecular complexity index is 809. The third kappa shape index (κ3) is 3.00. The van der Waals surface area contributed by atoms with Crippen LogP contribution >= 0.6 is 11.6 Å². The molecule has 0 spiro atoms. The van der Waals surface area contributed by atoms with Gasteiger partial charge in [0.1, 0.15) is 6.10 Å². The van der Waals surface area contributed by atoms with Gasteiger partial charge in [0, 0.05) is 27.7 Å². The Hall–Kier alpha value is -2.26. The smallest absolute Gasteiger partial charge is 0.310 e. The van der Waals surface area contributed by atoms with Gasteiger partial charge in [-0.15, -0.1) is 0 Å². The number of esters is 1. The minimum atomic E-state index is -0.369. The minimum Gasteiger partial charge on any atom is -0.457 e. The summed E-state index contributed by atoms with van der Waals surface area (Å²) in [6.45, 7) is 1.83. The lowest BCUT2D eigenvalue weighted by molar-refractivity contribution is -0.147. The van der Waals surface area contributed by atoms with Crippen LogP contribution in [0.15, 0.2) is 54.7 Å². The fourth-order valence-corrected chi connectivity index (χ4v) is 2.83. The van der Waals surface area contributed by atoms with Crippen molar-refractivity contribution in [2.45, 2.75) is 19.4 Å². The summed E-state index contributed by atoms with van der Waals surface area (Å²) in [7, 11) is 0. The van der Waals surface area contributed by atoms with Crippen LogP contribution in [0, 0.1) is 0 Å². The second-order valence-corrected chi connectivity index (χ2v) is 5.60. The lowest BCUT2D eigenvalue weighted by atomic mass is 10.1. The Labute approximate surface area is 133 Å². The highest BCUT2D eigenvalue weighted by molar-refractivity contribution is 6.31. The van der Waals surface area contributed by atoms with E-state index in [9.17, 15) is 4.79 Å². The summed E-state index contributed by atoms with van der Waals surface area (Å²) in [6.07, 6.45) is 1.72. The molecule has 0 radical (unpaired) electrons. The molecule has 112 valence electrons. The van der Waals surface area contributed by atoms with E-state index in [2.05, 4.69) is 4.98 Å². The van der Waals surface area contributed by atoms with Crippen LogP contribution in [0.1, 0.15) is 24.2 Å². The third-order valence-electron chi connectivity index (χ3n) is 3.66. The van der Waals surface area contributed by atoms with E-state index >= 15 is 0 Å². The van der Waals surface area contributed by atoms with E-state index in [0.29, 0.717) is 5.02 Å². The van der Waals surface area contributed by atoms with Crippen LogP contribution in [0.4, 0.5) is 0 Å².